The van der Waals surface area contributed by atoms with Crippen molar-refractivity contribution >= 4 is 11.9 Å². The van der Waals surface area contributed by atoms with Crippen LogP contribution in [-0.4, -0.2) is 17.0 Å². The molecule has 0 heterocycles. The normalized spacial score (nSPS) is 9.53. The molecule has 5 nitrogen and oxygen atoms in total. The summed E-state index contributed by atoms with van der Waals surface area (Å²) in [5.74, 6) is -1.80. The van der Waals surface area contributed by atoms with E-state index in [9.17, 15) is 14.7 Å². The van der Waals surface area contributed by atoms with Gasteiger partial charge in [-0.1, -0.05) is 12.6 Å². The third-order valence-corrected chi connectivity index (χ3v) is 1.76. The Morgan fingerprint density at radius 1 is 1.24 bits per heavy atom. The van der Waals surface area contributed by atoms with Gasteiger partial charge >= 0.3 is 11.9 Å². The van der Waals surface area contributed by atoms with E-state index < -0.39 is 11.9 Å². The number of carbonyl (C=O) groups is 2. The van der Waals surface area contributed by atoms with Crippen LogP contribution in [0.2, 0.25) is 0 Å². The van der Waals surface area contributed by atoms with E-state index in [0.717, 1.165) is 0 Å². The molecule has 0 aromatic heterocycles. The first kappa shape index (κ1) is 12.8. The van der Waals surface area contributed by atoms with Gasteiger partial charge in [0.25, 0.3) is 0 Å². The van der Waals surface area contributed by atoms with Crippen molar-refractivity contribution in [1.29, 1.82) is 0 Å². The Bertz CT molecular complexity index is 476. The first-order chi connectivity index (χ1) is 7.91. The predicted molar refractivity (Wildman–Crippen MR) is 59.9 cm³/mol. The fourth-order valence-corrected chi connectivity index (χ4v) is 1.02. The Balaban J connectivity index is 3.07. The third kappa shape index (κ3) is 3.34. The van der Waals surface area contributed by atoms with Crippen LogP contribution in [-0.2, 0) is 9.59 Å². The molecule has 1 rings (SSSR count). The lowest BCUT2D eigenvalue weighted by Crippen LogP contribution is -2.10. The lowest BCUT2D eigenvalue weighted by Gasteiger charge is -2.10. The number of phenols is 1. The summed E-state index contributed by atoms with van der Waals surface area (Å²) in [5.41, 5.74) is 0.169. The van der Waals surface area contributed by atoms with Gasteiger partial charge in [0.2, 0.25) is 5.75 Å². The fraction of sp³-hybridized carbons (Fsp3) is 0.167. The highest BCUT2D eigenvalue weighted by molar-refractivity contribution is 5.89. The van der Waals surface area contributed by atoms with Crippen LogP contribution in [0.25, 0.3) is 0 Å². The second kappa shape index (κ2) is 5.16. The molecule has 90 valence electrons. The van der Waals surface area contributed by atoms with Crippen LogP contribution in [0.3, 0.4) is 0 Å². The molecular formula is C12H12O5. The van der Waals surface area contributed by atoms with Crippen molar-refractivity contribution in [2.24, 2.45) is 0 Å². The molecular weight excluding hydrogens is 224 g/mol. The zero-order chi connectivity index (χ0) is 13.0. The molecule has 0 radical (unpaired) electrons. The van der Waals surface area contributed by atoms with E-state index in [-0.39, 0.29) is 22.8 Å². The van der Waals surface area contributed by atoms with Crippen LogP contribution in [0.1, 0.15) is 13.8 Å². The van der Waals surface area contributed by atoms with E-state index >= 15 is 0 Å². The number of esters is 2. The van der Waals surface area contributed by atoms with Gasteiger partial charge in [-0.05, 0) is 19.1 Å². The molecule has 17 heavy (non-hydrogen) atoms. The third-order valence-electron chi connectivity index (χ3n) is 1.76. The molecule has 0 unspecified atom stereocenters. The number of rotatable bonds is 3. The van der Waals surface area contributed by atoms with Crippen molar-refractivity contribution in [2.45, 2.75) is 13.8 Å². The second-order valence-corrected chi connectivity index (χ2v) is 3.37. The van der Waals surface area contributed by atoms with E-state index in [0.29, 0.717) is 0 Å². The smallest absolute Gasteiger partial charge is 0.338 e. The number of para-hydroxylation sites is 1. The number of ether oxygens (including phenoxy) is 2. The van der Waals surface area contributed by atoms with Gasteiger partial charge in [0, 0.05) is 12.5 Å². The van der Waals surface area contributed by atoms with E-state index in [1.54, 1.807) is 0 Å². The molecule has 0 bridgehead atoms. The SMILES string of the molecule is C=C(C)C(=O)Oc1c(O)cccc1OC(C)=O. The second-order valence-electron chi connectivity index (χ2n) is 3.37. The highest BCUT2D eigenvalue weighted by Gasteiger charge is 2.16. The summed E-state index contributed by atoms with van der Waals surface area (Å²) in [7, 11) is 0. The predicted octanol–water partition coefficient (Wildman–Crippen LogP) is 1.80. The average Bonchev–Trinajstić information content (AvgIpc) is 2.22. The standard InChI is InChI=1S/C12H12O5/c1-7(2)12(15)17-11-9(14)5-4-6-10(11)16-8(3)13/h4-6,14H,1H2,2-3H3. The van der Waals surface area contributed by atoms with Gasteiger partial charge in [0.05, 0.1) is 0 Å². The largest absolute Gasteiger partial charge is 0.504 e. The van der Waals surface area contributed by atoms with Crippen LogP contribution in [0.5, 0.6) is 17.2 Å². The molecule has 0 amide bonds. The van der Waals surface area contributed by atoms with Crippen LogP contribution in [0, 0.1) is 0 Å². The minimum absolute atomic E-state index is 0.0212. The number of benzene rings is 1. The maximum absolute atomic E-state index is 11.3. The molecule has 1 N–H and O–H groups in total. The topological polar surface area (TPSA) is 72.8 Å². The van der Waals surface area contributed by atoms with E-state index in [2.05, 4.69) is 6.58 Å². The molecule has 1 aromatic carbocycles. The maximum atomic E-state index is 11.3. The fourth-order valence-electron chi connectivity index (χ4n) is 1.02. The minimum Gasteiger partial charge on any atom is -0.504 e. The first-order valence-electron chi connectivity index (χ1n) is 4.80. The summed E-state index contributed by atoms with van der Waals surface area (Å²) in [6.07, 6.45) is 0. The van der Waals surface area contributed by atoms with Crippen molar-refractivity contribution in [3.05, 3.63) is 30.4 Å². The lowest BCUT2D eigenvalue weighted by molar-refractivity contribution is -0.133. The molecule has 0 saturated heterocycles. The molecule has 0 aliphatic rings. The number of aromatic hydroxyl groups is 1. The van der Waals surface area contributed by atoms with Crippen molar-refractivity contribution < 1.29 is 24.2 Å². The van der Waals surface area contributed by atoms with Gasteiger partial charge in [-0.2, -0.15) is 0 Å². The summed E-state index contributed by atoms with van der Waals surface area (Å²) >= 11 is 0. The Kier molecular flexibility index (Phi) is 3.87. The highest BCUT2D eigenvalue weighted by atomic mass is 16.6. The Morgan fingerprint density at radius 3 is 2.41 bits per heavy atom. The zero-order valence-corrected chi connectivity index (χ0v) is 9.52. The van der Waals surface area contributed by atoms with Gasteiger partial charge in [0.1, 0.15) is 0 Å². The van der Waals surface area contributed by atoms with Crippen molar-refractivity contribution in [2.75, 3.05) is 0 Å². The monoisotopic (exact) mass is 236 g/mol. The van der Waals surface area contributed by atoms with Gasteiger partial charge in [-0.25, -0.2) is 4.79 Å². The van der Waals surface area contributed by atoms with Crippen molar-refractivity contribution in [3.8, 4) is 17.2 Å². The van der Waals surface area contributed by atoms with E-state index in [4.69, 9.17) is 9.47 Å². The van der Waals surface area contributed by atoms with E-state index in [1.807, 2.05) is 0 Å². The molecule has 5 heteroatoms. The number of hydrogen-bond acceptors (Lipinski definition) is 5. The summed E-state index contributed by atoms with van der Waals surface area (Å²) < 4.78 is 9.67. The summed E-state index contributed by atoms with van der Waals surface area (Å²) in [4.78, 5) is 22.2. The van der Waals surface area contributed by atoms with Gasteiger partial charge in [0.15, 0.2) is 11.5 Å². The molecule has 0 aliphatic carbocycles. The van der Waals surface area contributed by atoms with Crippen molar-refractivity contribution in [3.63, 3.8) is 0 Å². The van der Waals surface area contributed by atoms with Gasteiger partial charge in [-0.15, -0.1) is 0 Å². The Morgan fingerprint density at radius 2 is 1.88 bits per heavy atom. The molecule has 0 spiro atoms. The summed E-state index contributed by atoms with van der Waals surface area (Å²) in [6, 6.07) is 4.18. The lowest BCUT2D eigenvalue weighted by atomic mass is 10.3. The van der Waals surface area contributed by atoms with Gasteiger partial charge < -0.3 is 14.6 Å². The van der Waals surface area contributed by atoms with Crippen LogP contribution < -0.4 is 9.47 Å². The maximum Gasteiger partial charge on any atom is 0.338 e. The van der Waals surface area contributed by atoms with Crippen molar-refractivity contribution in [1.82, 2.24) is 0 Å². The zero-order valence-electron chi connectivity index (χ0n) is 9.52. The van der Waals surface area contributed by atoms with Crippen LogP contribution in [0.15, 0.2) is 30.4 Å². The molecule has 0 fully saturated rings. The molecule has 0 saturated carbocycles. The summed E-state index contributed by atoms with van der Waals surface area (Å²) in [5, 5.41) is 9.54. The van der Waals surface area contributed by atoms with E-state index in [1.165, 1.54) is 32.0 Å². The Labute approximate surface area is 98.3 Å². The first-order valence-corrected chi connectivity index (χ1v) is 4.80. The number of phenolic OH excluding ortho intramolecular Hbond substituents is 1. The molecule has 0 aliphatic heterocycles. The Hall–Kier alpha value is -2.30. The minimum atomic E-state index is -0.708. The molecule has 1 aromatic rings. The molecule has 0 atom stereocenters. The van der Waals surface area contributed by atoms with Crippen LogP contribution >= 0.6 is 0 Å². The quantitative estimate of drug-likeness (QED) is 0.492. The number of hydrogen-bond donors (Lipinski definition) is 1. The van der Waals surface area contributed by atoms with Crippen LogP contribution in [0.4, 0.5) is 0 Å². The highest BCUT2D eigenvalue weighted by Crippen LogP contribution is 2.36. The summed E-state index contributed by atoms with van der Waals surface area (Å²) in [6.45, 7) is 6.08. The van der Waals surface area contributed by atoms with Gasteiger partial charge in [-0.3, -0.25) is 4.79 Å². The average molecular weight is 236 g/mol. The number of carbonyl (C=O) groups excluding carboxylic acids is 2.